The first-order valence-electron chi connectivity index (χ1n) is 6.63. The van der Waals surface area contributed by atoms with Gasteiger partial charge in [0.05, 0.1) is 23.7 Å². The van der Waals surface area contributed by atoms with Crippen LogP contribution in [0.3, 0.4) is 0 Å². The lowest BCUT2D eigenvalue weighted by atomic mass is 10.1. The van der Waals surface area contributed by atoms with Gasteiger partial charge < -0.3 is 10.1 Å². The highest BCUT2D eigenvalue weighted by atomic mass is 16.6. The second-order valence-corrected chi connectivity index (χ2v) is 4.93. The first-order chi connectivity index (χ1) is 10.4. The molecular formula is C16H16N2O4. The van der Waals surface area contributed by atoms with Gasteiger partial charge in [0.1, 0.15) is 5.75 Å². The van der Waals surface area contributed by atoms with Crippen LogP contribution < -0.4 is 10.1 Å². The van der Waals surface area contributed by atoms with Crippen molar-refractivity contribution >= 4 is 17.3 Å². The van der Waals surface area contributed by atoms with E-state index in [2.05, 4.69) is 5.32 Å². The number of methoxy groups -OCH3 is 1. The van der Waals surface area contributed by atoms with E-state index >= 15 is 0 Å². The maximum absolute atomic E-state index is 12.3. The maximum atomic E-state index is 12.3. The fourth-order valence-electron chi connectivity index (χ4n) is 1.96. The summed E-state index contributed by atoms with van der Waals surface area (Å²) in [5.41, 5.74) is 2.79. The van der Waals surface area contributed by atoms with Crippen LogP contribution in [-0.2, 0) is 0 Å². The quantitative estimate of drug-likeness (QED) is 0.692. The number of anilines is 1. The molecule has 1 N–H and O–H groups in total. The molecule has 0 unspecified atom stereocenters. The molecule has 0 bridgehead atoms. The zero-order chi connectivity index (χ0) is 16.3. The summed E-state index contributed by atoms with van der Waals surface area (Å²) in [4.78, 5) is 22.6. The summed E-state index contributed by atoms with van der Waals surface area (Å²) in [6.07, 6.45) is 0. The molecule has 0 heterocycles. The van der Waals surface area contributed by atoms with E-state index in [1.54, 1.807) is 6.07 Å². The molecule has 0 aliphatic heterocycles. The number of hydrogen-bond donors (Lipinski definition) is 1. The van der Waals surface area contributed by atoms with Crippen LogP contribution in [0.5, 0.6) is 5.75 Å². The average Bonchev–Trinajstić information content (AvgIpc) is 2.50. The van der Waals surface area contributed by atoms with Gasteiger partial charge in [-0.15, -0.1) is 0 Å². The summed E-state index contributed by atoms with van der Waals surface area (Å²) in [6, 6.07) is 9.49. The van der Waals surface area contributed by atoms with Crippen LogP contribution in [0.1, 0.15) is 21.5 Å². The summed E-state index contributed by atoms with van der Waals surface area (Å²) >= 11 is 0. The third-order valence-electron chi connectivity index (χ3n) is 3.36. The van der Waals surface area contributed by atoms with Crippen LogP contribution in [0, 0.1) is 24.0 Å². The zero-order valence-corrected chi connectivity index (χ0v) is 12.5. The Labute approximate surface area is 127 Å². The Kier molecular flexibility index (Phi) is 4.41. The Balaban J connectivity index is 2.30. The van der Waals surface area contributed by atoms with E-state index in [1.807, 2.05) is 26.0 Å². The number of aryl methyl sites for hydroxylation is 2. The van der Waals surface area contributed by atoms with Crippen LogP contribution in [0.2, 0.25) is 0 Å². The average molecular weight is 300 g/mol. The second-order valence-electron chi connectivity index (χ2n) is 4.93. The van der Waals surface area contributed by atoms with Gasteiger partial charge in [0.2, 0.25) is 0 Å². The van der Waals surface area contributed by atoms with Crippen molar-refractivity contribution in [2.24, 2.45) is 0 Å². The largest absolute Gasteiger partial charge is 0.496 e. The molecule has 22 heavy (non-hydrogen) atoms. The summed E-state index contributed by atoms with van der Waals surface area (Å²) in [5.74, 6) is -0.162. The van der Waals surface area contributed by atoms with E-state index in [0.717, 1.165) is 11.1 Å². The highest BCUT2D eigenvalue weighted by Crippen LogP contribution is 2.23. The van der Waals surface area contributed by atoms with E-state index in [9.17, 15) is 14.9 Å². The van der Waals surface area contributed by atoms with Crippen molar-refractivity contribution in [2.45, 2.75) is 13.8 Å². The number of non-ortho nitro benzene ring substituents is 1. The number of carbonyl (C=O) groups excluding carboxylic acids is 1. The van der Waals surface area contributed by atoms with E-state index in [-0.39, 0.29) is 17.0 Å². The summed E-state index contributed by atoms with van der Waals surface area (Å²) < 4.78 is 5.00. The Hall–Kier alpha value is -2.89. The third-order valence-corrected chi connectivity index (χ3v) is 3.36. The predicted molar refractivity (Wildman–Crippen MR) is 83.5 cm³/mol. The molecule has 0 saturated carbocycles. The molecule has 0 radical (unpaired) electrons. The Morgan fingerprint density at radius 1 is 1.14 bits per heavy atom. The van der Waals surface area contributed by atoms with E-state index < -0.39 is 10.8 Å². The van der Waals surface area contributed by atoms with Gasteiger partial charge in [-0.2, -0.15) is 0 Å². The molecule has 114 valence electrons. The first-order valence-corrected chi connectivity index (χ1v) is 6.63. The van der Waals surface area contributed by atoms with Crippen LogP contribution in [0.25, 0.3) is 0 Å². The number of nitro groups is 1. The van der Waals surface area contributed by atoms with Crippen LogP contribution >= 0.6 is 0 Å². The topological polar surface area (TPSA) is 81.5 Å². The molecule has 2 aromatic rings. The van der Waals surface area contributed by atoms with Crippen molar-refractivity contribution in [1.29, 1.82) is 0 Å². The predicted octanol–water partition coefficient (Wildman–Crippen LogP) is 3.47. The molecule has 0 aliphatic rings. The smallest absolute Gasteiger partial charge is 0.273 e. The molecule has 0 spiro atoms. The maximum Gasteiger partial charge on any atom is 0.273 e. The number of ether oxygens (including phenoxy) is 1. The number of carbonyl (C=O) groups is 1. The molecule has 0 saturated heterocycles. The summed E-state index contributed by atoms with van der Waals surface area (Å²) in [6.45, 7) is 3.92. The molecule has 2 aromatic carbocycles. The number of amides is 1. The van der Waals surface area contributed by atoms with E-state index in [1.165, 1.54) is 25.3 Å². The molecule has 0 fully saturated rings. The fraction of sp³-hybridized carbons (Fsp3) is 0.188. The van der Waals surface area contributed by atoms with Gasteiger partial charge in [-0.05, 0) is 43.2 Å². The van der Waals surface area contributed by atoms with Gasteiger partial charge in [-0.1, -0.05) is 6.07 Å². The number of hydrogen-bond acceptors (Lipinski definition) is 4. The van der Waals surface area contributed by atoms with Crippen LogP contribution in [-0.4, -0.2) is 17.9 Å². The van der Waals surface area contributed by atoms with Gasteiger partial charge in [-0.3, -0.25) is 14.9 Å². The van der Waals surface area contributed by atoms with Gasteiger partial charge in [-0.25, -0.2) is 0 Å². The lowest BCUT2D eigenvalue weighted by Crippen LogP contribution is -2.12. The minimum Gasteiger partial charge on any atom is -0.496 e. The Morgan fingerprint density at radius 3 is 2.45 bits per heavy atom. The lowest BCUT2D eigenvalue weighted by Gasteiger charge is -2.09. The minimum absolute atomic E-state index is 0.171. The number of nitro benzene ring substituents is 1. The van der Waals surface area contributed by atoms with Crippen LogP contribution in [0.15, 0.2) is 36.4 Å². The van der Waals surface area contributed by atoms with E-state index in [0.29, 0.717) is 5.69 Å². The molecule has 0 aliphatic carbocycles. The number of benzene rings is 2. The molecule has 6 nitrogen and oxygen atoms in total. The standard InChI is InChI=1S/C16H16N2O4/c1-10-4-5-13(6-11(10)2)17-16(19)12-7-14(18(20)21)9-15(8-12)22-3/h4-9H,1-3H3,(H,17,19). The van der Waals surface area contributed by atoms with E-state index in [4.69, 9.17) is 4.74 Å². The highest BCUT2D eigenvalue weighted by Gasteiger charge is 2.15. The van der Waals surface area contributed by atoms with Crippen molar-refractivity contribution in [3.05, 3.63) is 63.2 Å². The zero-order valence-electron chi connectivity index (χ0n) is 12.5. The SMILES string of the molecule is COc1cc(C(=O)Nc2ccc(C)c(C)c2)cc([N+](=O)[O-])c1. The Morgan fingerprint density at radius 2 is 1.86 bits per heavy atom. The minimum atomic E-state index is -0.560. The van der Waals surface area contributed by atoms with Crippen molar-refractivity contribution in [1.82, 2.24) is 0 Å². The molecule has 0 aromatic heterocycles. The van der Waals surface area contributed by atoms with Crippen LogP contribution in [0.4, 0.5) is 11.4 Å². The number of nitrogens with zero attached hydrogens (tertiary/aromatic N) is 1. The number of nitrogens with one attached hydrogen (secondary N) is 1. The van der Waals surface area contributed by atoms with Gasteiger partial charge in [0, 0.05) is 11.8 Å². The third kappa shape index (κ3) is 3.41. The highest BCUT2D eigenvalue weighted by molar-refractivity contribution is 6.05. The van der Waals surface area contributed by atoms with Gasteiger partial charge in [0.15, 0.2) is 0 Å². The monoisotopic (exact) mass is 300 g/mol. The van der Waals surface area contributed by atoms with Gasteiger partial charge >= 0.3 is 0 Å². The van der Waals surface area contributed by atoms with Crippen molar-refractivity contribution < 1.29 is 14.5 Å². The van der Waals surface area contributed by atoms with Crippen molar-refractivity contribution in [3.63, 3.8) is 0 Å². The summed E-state index contributed by atoms with van der Waals surface area (Å²) in [7, 11) is 1.39. The molecular weight excluding hydrogens is 284 g/mol. The molecule has 0 atom stereocenters. The normalized spacial score (nSPS) is 10.1. The van der Waals surface area contributed by atoms with Crippen molar-refractivity contribution in [2.75, 3.05) is 12.4 Å². The summed E-state index contributed by atoms with van der Waals surface area (Å²) in [5, 5.41) is 13.6. The second kappa shape index (κ2) is 6.26. The first kappa shape index (κ1) is 15.5. The number of rotatable bonds is 4. The molecule has 2 rings (SSSR count). The fourth-order valence-corrected chi connectivity index (χ4v) is 1.96. The molecule has 6 heteroatoms. The van der Waals surface area contributed by atoms with Crippen molar-refractivity contribution in [3.8, 4) is 5.75 Å². The molecule has 1 amide bonds. The lowest BCUT2D eigenvalue weighted by molar-refractivity contribution is -0.384. The van der Waals surface area contributed by atoms with Gasteiger partial charge in [0.25, 0.3) is 11.6 Å². The Bertz CT molecular complexity index is 741.